The molecule has 0 aliphatic carbocycles. The summed E-state index contributed by atoms with van der Waals surface area (Å²) in [7, 11) is 7.42. The van der Waals surface area contributed by atoms with Crippen molar-refractivity contribution < 1.29 is 14.3 Å². The normalized spacial score (nSPS) is 14.2. The molecule has 1 aliphatic rings. The Morgan fingerprint density at radius 2 is 1.67 bits per heavy atom. The van der Waals surface area contributed by atoms with Crippen LogP contribution < -0.4 is 14.4 Å². The second-order valence-electron chi connectivity index (χ2n) is 7.96. The molecule has 1 saturated heterocycles. The fourth-order valence-electron chi connectivity index (χ4n) is 3.88. The molecule has 0 bridgehead atoms. The molecule has 6 heteroatoms. The van der Waals surface area contributed by atoms with Gasteiger partial charge in [0.25, 0.3) is 0 Å². The fraction of sp³-hybridized carbons (Fsp3) is 0.458. The van der Waals surface area contributed by atoms with Gasteiger partial charge in [0, 0.05) is 44.8 Å². The third kappa shape index (κ3) is 5.66. The van der Waals surface area contributed by atoms with Gasteiger partial charge in [0.05, 0.1) is 14.2 Å². The number of hydrogen-bond acceptors (Lipinski definition) is 5. The summed E-state index contributed by atoms with van der Waals surface area (Å²) in [5.41, 5.74) is 3.63. The van der Waals surface area contributed by atoms with Crippen LogP contribution in [-0.4, -0.2) is 70.2 Å². The number of carbonyl (C=O) groups excluding carboxylic acids is 1. The Hall–Kier alpha value is -2.73. The molecule has 0 saturated carbocycles. The number of nitrogens with zero attached hydrogens (tertiary/aromatic N) is 3. The third-order valence-electron chi connectivity index (χ3n) is 5.48. The lowest BCUT2D eigenvalue weighted by atomic mass is 10.1. The zero-order valence-electron chi connectivity index (χ0n) is 18.6. The van der Waals surface area contributed by atoms with Crippen molar-refractivity contribution in [3.63, 3.8) is 0 Å². The van der Waals surface area contributed by atoms with E-state index in [4.69, 9.17) is 9.47 Å². The summed E-state index contributed by atoms with van der Waals surface area (Å²) in [5.74, 6) is 1.62. The summed E-state index contributed by atoms with van der Waals surface area (Å²) in [4.78, 5) is 19.2. The van der Waals surface area contributed by atoms with E-state index in [1.807, 2.05) is 23.1 Å². The highest BCUT2D eigenvalue weighted by molar-refractivity contribution is 5.77. The van der Waals surface area contributed by atoms with E-state index in [1.54, 1.807) is 14.2 Å². The molecule has 1 aliphatic heterocycles. The number of ether oxygens (including phenoxy) is 2. The first-order chi connectivity index (χ1) is 14.5. The van der Waals surface area contributed by atoms with Gasteiger partial charge in [-0.1, -0.05) is 18.2 Å². The van der Waals surface area contributed by atoms with E-state index >= 15 is 0 Å². The number of aryl methyl sites for hydroxylation is 1. The van der Waals surface area contributed by atoms with Gasteiger partial charge in [-0.15, -0.1) is 0 Å². The molecule has 1 amide bonds. The first-order valence-corrected chi connectivity index (χ1v) is 10.5. The summed E-state index contributed by atoms with van der Waals surface area (Å²) in [5, 5.41) is 0. The second-order valence-corrected chi connectivity index (χ2v) is 7.96. The highest BCUT2D eigenvalue weighted by Crippen LogP contribution is 2.28. The van der Waals surface area contributed by atoms with Crippen molar-refractivity contribution in [3.05, 3.63) is 53.6 Å². The molecular weight excluding hydrogens is 378 g/mol. The molecule has 0 radical (unpaired) electrons. The summed E-state index contributed by atoms with van der Waals surface area (Å²) in [6, 6.07) is 14.5. The van der Waals surface area contributed by atoms with Crippen molar-refractivity contribution in [3.8, 4) is 11.5 Å². The van der Waals surface area contributed by atoms with Crippen LogP contribution in [0.15, 0.2) is 42.5 Å². The number of amides is 1. The first-order valence-electron chi connectivity index (χ1n) is 10.5. The number of methoxy groups -OCH3 is 2. The van der Waals surface area contributed by atoms with Gasteiger partial charge >= 0.3 is 0 Å². The van der Waals surface area contributed by atoms with Crippen LogP contribution in [0.5, 0.6) is 11.5 Å². The highest BCUT2D eigenvalue weighted by Gasteiger charge is 2.21. The monoisotopic (exact) mass is 411 g/mol. The minimum Gasteiger partial charge on any atom is -0.493 e. The summed E-state index contributed by atoms with van der Waals surface area (Å²) in [6.07, 6.45) is 1.21. The molecule has 1 heterocycles. The number of rotatable bonds is 8. The van der Waals surface area contributed by atoms with Gasteiger partial charge in [-0.25, -0.2) is 0 Å². The van der Waals surface area contributed by atoms with Crippen LogP contribution in [0.25, 0.3) is 0 Å². The Morgan fingerprint density at radius 1 is 0.933 bits per heavy atom. The molecule has 6 nitrogen and oxygen atoms in total. The lowest BCUT2D eigenvalue weighted by molar-refractivity contribution is -0.131. The topological polar surface area (TPSA) is 45.2 Å². The van der Waals surface area contributed by atoms with E-state index < -0.39 is 0 Å². The van der Waals surface area contributed by atoms with Gasteiger partial charge in [0.1, 0.15) is 0 Å². The largest absolute Gasteiger partial charge is 0.493 e. The van der Waals surface area contributed by atoms with E-state index in [0.717, 1.165) is 38.3 Å². The number of benzene rings is 2. The van der Waals surface area contributed by atoms with E-state index in [9.17, 15) is 4.79 Å². The van der Waals surface area contributed by atoms with Crippen LogP contribution in [0.3, 0.4) is 0 Å². The van der Waals surface area contributed by atoms with E-state index in [-0.39, 0.29) is 5.91 Å². The van der Waals surface area contributed by atoms with Crippen molar-refractivity contribution in [2.75, 3.05) is 59.4 Å². The van der Waals surface area contributed by atoms with Crippen molar-refractivity contribution in [2.45, 2.75) is 19.4 Å². The van der Waals surface area contributed by atoms with Crippen molar-refractivity contribution in [1.29, 1.82) is 0 Å². The molecule has 0 N–H and O–H groups in total. The SMILES string of the molecule is COc1ccc(CCC(=O)N2CCN(c3cccc(CN(C)C)c3)CC2)cc1OC. The van der Waals surface area contributed by atoms with Crippen molar-refractivity contribution in [2.24, 2.45) is 0 Å². The second kappa shape index (κ2) is 10.3. The Bertz CT molecular complexity index is 845. The molecule has 2 aromatic rings. The third-order valence-corrected chi connectivity index (χ3v) is 5.48. The first kappa shape index (κ1) is 22.0. The molecule has 2 aromatic carbocycles. The predicted octanol–water partition coefficient (Wildman–Crippen LogP) is 3.05. The quantitative estimate of drug-likeness (QED) is 0.668. The van der Waals surface area contributed by atoms with E-state index in [2.05, 4.69) is 48.2 Å². The fourth-order valence-corrected chi connectivity index (χ4v) is 3.88. The number of anilines is 1. The maximum atomic E-state index is 12.7. The average Bonchev–Trinajstić information content (AvgIpc) is 2.77. The van der Waals surface area contributed by atoms with E-state index in [0.29, 0.717) is 24.3 Å². The predicted molar refractivity (Wildman–Crippen MR) is 120 cm³/mol. The van der Waals surface area contributed by atoms with Gasteiger partial charge in [0.2, 0.25) is 5.91 Å². The Kier molecular flexibility index (Phi) is 7.57. The zero-order chi connectivity index (χ0) is 21.5. The highest BCUT2D eigenvalue weighted by atomic mass is 16.5. The summed E-state index contributed by atoms with van der Waals surface area (Å²) >= 11 is 0. The lowest BCUT2D eigenvalue weighted by Crippen LogP contribution is -2.48. The van der Waals surface area contributed by atoms with Gasteiger partial charge in [-0.2, -0.15) is 0 Å². The van der Waals surface area contributed by atoms with Crippen LogP contribution in [0.1, 0.15) is 17.5 Å². The smallest absolute Gasteiger partial charge is 0.223 e. The van der Waals surface area contributed by atoms with Crippen LogP contribution in [-0.2, 0) is 17.8 Å². The maximum Gasteiger partial charge on any atom is 0.223 e. The molecule has 0 atom stereocenters. The Morgan fingerprint density at radius 3 is 2.33 bits per heavy atom. The van der Waals surface area contributed by atoms with Crippen molar-refractivity contribution in [1.82, 2.24) is 9.80 Å². The van der Waals surface area contributed by atoms with Crippen LogP contribution in [0, 0.1) is 0 Å². The minimum atomic E-state index is 0.214. The minimum absolute atomic E-state index is 0.214. The van der Waals surface area contributed by atoms with Crippen molar-refractivity contribution >= 4 is 11.6 Å². The number of carbonyl (C=O) groups is 1. The molecule has 3 rings (SSSR count). The molecule has 1 fully saturated rings. The molecule has 0 unspecified atom stereocenters. The maximum absolute atomic E-state index is 12.7. The molecular formula is C24H33N3O3. The average molecular weight is 412 g/mol. The van der Waals surface area contributed by atoms with Crippen LogP contribution in [0.4, 0.5) is 5.69 Å². The van der Waals surface area contributed by atoms with Gasteiger partial charge in [0.15, 0.2) is 11.5 Å². The van der Waals surface area contributed by atoms with Crippen LogP contribution in [0.2, 0.25) is 0 Å². The standard InChI is InChI=1S/C24H33N3O3/c1-25(2)18-20-6-5-7-21(16-20)26-12-14-27(15-13-26)24(28)11-9-19-8-10-22(29-3)23(17-19)30-4/h5-8,10,16-17H,9,11-15,18H2,1-4H3. The Labute approximate surface area is 180 Å². The molecule has 162 valence electrons. The van der Waals surface area contributed by atoms with Gasteiger partial charge < -0.3 is 24.2 Å². The summed E-state index contributed by atoms with van der Waals surface area (Å²) < 4.78 is 10.6. The molecule has 30 heavy (non-hydrogen) atoms. The number of hydrogen-bond donors (Lipinski definition) is 0. The molecule has 0 aromatic heterocycles. The van der Waals surface area contributed by atoms with Crippen LogP contribution >= 0.6 is 0 Å². The van der Waals surface area contributed by atoms with E-state index in [1.165, 1.54) is 11.3 Å². The Balaban J connectivity index is 1.51. The number of piperazine rings is 1. The van der Waals surface area contributed by atoms with Gasteiger partial charge in [-0.3, -0.25) is 4.79 Å². The zero-order valence-corrected chi connectivity index (χ0v) is 18.6. The van der Waals surface area contributed by atoms with Gasteiger partial charge in [-0.05, 0) is 55.9 Å². The summed E-state index contributed by atoms with van der Waals surface area (Å²) in [6.45, 7) is 4.20. The molecule has 0 spiro atoms. The lowest BCUT2D eigenvalue weighted by Gasteiger charge is -2.36.